The molecule has 1 saturated carbocycles. The maximum absolute atomic E-state index is 13.8. The number of aliphatic carboxylic acids is 1. The Hall–Kier alpha value is -2.87. The Morgan fingerprint density at radius 1 is 1.06 bits per heavy atom. The van der Waals surface area contributed by atoms with E-state index in [0.29, 0.717) is 30.6 Å². The molecule has 2 aliphatic carbocycles. The number of oxime groups is 1. The van der Waals surface area contributed by atoms with Gasteiger partial charge in [-0.25, -0.2) is 0 Å². The predicted octanol–water partition coefficient (Wildman–Crippen LogP) is 6.18. The Morgan fingerprint density at radius 3 is 2.57 bits per heavy atom. The van der Waals surface area contributed by atoms with Crippen molar-refractivity contribution >= 4 is 11.7 Å². The third-order valence-corrected chi connectivity index (χ3v) is 6.83. The summed E-state index contributed by atoms with van der Waals surface area (Å²) < 4.78 is 41.4. The van der Waals surface area contributed by atoms with E-state index in [0.717, 1.165) is 60.9 Å². The maximum atomic E-state index is 13.8. The standard InChI is InChI=1S/C27H31F3N2O3/c28-27(29,30)24-15-19(7-9-22(24)20-4-2-1-3-5-20)17-35-32-25-11-8-21-14-18(6-10-23(21)25)16-31-13-12-26(33)34/h6-7,9-10,14-15,20,31H,1-5,8,11-13,16-17H2,(H,33,34). The van der Waals surface area contributed by atoms with Gasteiger partial charge < -0.3 is 15.3 Å². The van der Waals surface area contributed by atoms with Crippen LogP contribution in [0.4, 0.5) is 13.2 Å². The summed E-state index contributed by atoms with van der Waals surface area (Å²) >= 11 is 0. The molecular weight excluding hydrogens is 457 g/mol. The smallest absolute Gasteiger partial charge is 0.416 e. The van der Waals surface area contributed by atoms with Gasteiger partial charge in [0.25, 0.3) is 0 Å². The molecule has 0 unspecified atom stereocenters. The third kappa shape index (κ3) is 6.63. The number of fused-ring (bicyclic) bond motifs is 1. The highest BCUT2D eigenvalue weighted by molar-refractivity contribution is 6.04. The lowest BCUT2D eigenvalue weighted by molar-refractivity contribution is -0.139. The van der Waals surface area contributed by atoms with Gasteiger partial charge in [-0.05, 0) is 59.9 Å². The number of hydrogen-bond acceptors (Lipinski definition) is 4. The fourth-order valence-corrected chi connectivity index (χ4v) is 5.05. The SMILES string of the molecule is O=C(O)CCNCc1ccc2c(c1)CCC2=NOCc1ccc(C2CCCCC2)c(C(F)(F)F)c1. The molecule has 1 fully saturated rings. The zero-order valence-electron chi connectivity index (χ0n) is 19.7. The summed E-state index contributed by atoms with van der Waals surface area (Å²) in [5.74, 6) is -0.857. The van der Waals surface area contributed by atoms with E-state index in [9.17, 15) is 18.0 Å². The van der Waals surface area contributed by atoms with Gasteiger partial charge >= 0.3 is 12.1 Å². The summed E-state index contributed by atoms with van der Waals surface area (Å²) in [5.41, 5.74) is 4.31. The third-order valence-electron chi connectivity index (χ3n) is 6.83. The van der Waals surface area contributed by atoms with Gasteiger partial charge in [-0.1, -0.05) is 54.8 Å². The summed E-state index contributed by atoms with van der Waals surface area (Å²) in [6, 6.07) is 10.6. The average Bonchev–Trinajstić information content (AvgIpc) is 3.24. The van der Waals surface area contributed by atoms with Crippen LogP contribution in [0.3, 0.4) is 0 Å². The highest BCUT2D eigenvalue weighted by Gasteiger charge is 2.35. The van der Waals surface area contributed by atoms with Crippen molar-refractivity contribution in [2.45, 2.75) is 76.6 Å². The van der Waals surface area contributed by atoms with Gasteiger partial charge in [-0.15, -0.1) is 0 Å². The highest BCUT2D eigenvalue weighted by Crippen LogP contribution is 2.41. The number of hydrogen-bond donors (Lipinski definition) is 2. The van der Waals surface area contributed by atoms with Gasteiger partial charge in [0.2, 0.25) is 0 Å². The molecule has 0 aromatic heterocycles. The molecule has 0 heterocycles. The van der Waals surface area contributed by atoms with E-state index in [-0.39, 0.29) is 18.9 Å². The molecule has 8 heteroatoms. The molecule has 0 spiro atoms. The Balaban J connectivity index is 1.39. The summed E-state index contributed by atoms with van der Waals surface area (Å²) in [5, 5.41) is 16.1. The first-order chi connectivity index (χ1) is 16.8. The fraction of sp³-hybridized carbons (Fsp3) is 0.481. The van der Waals surface area contributed by atoms with E-state index in [1.807, 2.05) is 12.1 Å². The van der Waals surface area contributed by atoms with Gasteiger partial charge in [-0.3, -0.25) is 4.79 Å². The molecule has 5 nitrogen and oxygen atoms in total. The number of benzene rings is 2. The second kappa shape index (κ2) is 11.2. The molecule has 0 amide bonds. The fourth-order valence-electron chi connectivity index (χ4n) is 5.05. The van der Waals surface area contributed by atoms with Crippen LogP contribution in [0.25, 0.3) is 0 Å². The van der Waals surface area contributed by atoms with Gasteiger partial charge in [-0.2, -0.15) is 13.2 Å². The molecule has 0 atom stereocenters. The Morgan fingerprint density at radius 2 is 1.83 bits per heavy atom. The number of alkyl halides is 3. The summed E-state index contributed by atoms with van der Waals surface area (Å²) in [7, 11) is 0. The minimum Gasteiger partial charge on any atom is -0.481 e. The van der Waals surface area contributed by atoms with E-state index in [2.05, 4.69) is 16.5 Å². The van der Waals surface area contributed by atoms with Crippen molar-refractivity contribution in [2.24, 2.45) is 5.16 Å². The summed E-state index contributed by atoms with van der Waals surface area (Å²) in [6.07, 6.45) is 1.89. The van der Waals surface area contributed by atoms with E-state index in [4.69, 9.17) is 9.94 Å². The number of aryl methyl sites for hydroxylation is 1. The van der Waals surface area contributed by atoms with E-state index >= 15 is 0 Å². The lowest BCUT2D eigenvalue weighted by Gasteiger charge is -2.25. The lowest BCUT2D eigenvalue weighted by Crippen LogP contribution is -2.17. The molecule has 35 heavy (non-hydrogen) atoms. The second-order valence-corrected chi connectivity index (χ2v) is 9.38. The van der Waals surface area contributed by atoms with Crippen molar-refractivity contribution in [2.75, 3.05) is 6.54 Å². The lowest BCUT2D eigenvalue weighted by atomic mass is 9.81. The van der Waals surface area contributed by atoms with E-state index in [1.165, 1.54) is 6.07 Å². The van der Waals surface area contributed by atoms with Crippen molar-refractivity contribution in [3.8, 4) is 0 Å². The molecular formula is C27H31F3N2O3. The summed E-state index contributed by atoms with van der Waals surface area (Å²) in [4.78, 5) is 16.1. The number of nitrogens with zero attached hydrogens (tertiary/aromatic N) is 1. The first-order valence-electron chi connectivity index (χ1n) is 12.2. The first-order valence-corrected chi connectivity index (χ1v) is 12.2. The van der Waals surface area contributed by atoms with Crippen molar-refractivity contribution in [1.29, 1.82) is 0 Å². The normalized spacial score (nSPS) is 17.5. The van der Waals surface area contributed by atoms with Crippen LogP contribution in [0.15, 0.2) is 41.6 Å². The largest absolute Gasteiger partial charge is 0.481 e. The second-order valence-electron chi connectivity index (χ2n) is 9.38. The molecule has 2 aromatic carbocycles. The van der Waals surface area contributed by atoms with Crippen LogP contribution in [0.1, 0.15) is 84.2 Å². The monoisotopic (exact) mass is 488 g/mol. The first kappa shape index (κ1) is 25.2. The zero-order valence-corrected chi connectivity index (χ0v) is 19.7. The van der Waals surface area contributed by atoms with Crippen molar-refractivity contribution in [3.63, 3.8) is 0 Å². The summed E-state index contributed by atoms with van der Waals surface area (Å²) in [6.45, 7) is 0.977. The number of nitrogens with one attached hydrogen (secondary N) is 1. The van der Waals surface area contributed by atoms with Gasteiger partial charge in [0.15, 0.2) is 0 Å². The topological polar surface area (TPSA) is 70.9 Å². The van der Waals surface area contributed by atoms with Gasteiger partial charge in [0.05, 0.1) is 17.7 Å². The van der Waals surface area contributed by atoms with Crippen molar-refractivity contribution < 1.29 is 27.9 Å². The predicted molar refractivity (Wildman–Crippen MR) is 127 cm³/mol. The van der Waals surface area contributed by atoms with Crippen LogP contribution in [0, 0.1) is 0 Å². The van der Waals surface area contributed by atoms with Crippen LogP contribution >= 0.6 is 0 Å². The van der Waals surface area contributed by atoms with Gasteiger partial charge in [0, 0.05) is 18.7 Å². The molecule has 0 radical (unpaired) electrons. The molecule has 2 aliphatic rings. The minimum absolute atomic E-state index is 0.0154. The van der Waals surface area contributed by atoms with Crippen LogP contribution in [0.5, 0.6) is 0 Å². The number of carboxylic acid groups (broad SMARTS) is 1. The Kier molecular flexibility index (Phi) is 8.11. The van der Waals surface area contributed by atoms with E-state index < -0.39 is 17.7 Å². The van der Waals surface area contributed by atoms with Crippen molar-refractivity contribution in [1.82, 2.24) is 5.32 Å². The van der Waals surface area contributed by atoms with E-state index in [1.54, 1.807) is 12.1 Å². The van der Waals surface area contributed by atoms with Crippen LogP contribution in [0.2, 0.25) is 0 Å². The Labute approximate surface area is 203 Å². The van der Waals surface area contributed by atoms with Crippen LogP contribution < -0.4 is 5.32 Å². The maximum Gasteiger partial charge on any atom is 0.416 e. The highest BCUT2D eigenvalue weighted by atomic mass is 19.4. The molecule has 2 aromatic rings. The number of carbonyl (C=O) groups is 1. The quantitative estimate of drug-likeness (QED) is 0.326. The average molecular weight is 489 g/mol. The number of halogens is 3. The van der Waals surface area contributed by atoms with Crippen molar-refractivity contribution in [3.05, 3.63) is 69.8 Å². The van der Waals surface area contributed by atoms with Crippen LogP contribution in [-0.2, 0) is 35.4 Å². The molecule has 4 rings (SSSR count). The minimum atomic E-state index is -4.39. The molecule has 0 saturated heterocycles. The number of carboxylic acids is 1. The van der Waals surface area contributed by atoms with Gasteiger partial charge in [0.1, 0.15) is 6.61 Å². The Bertz CT molecular complexity index is 1080. The zero-order chi connectivity index (χ0) is 24.8. The number of rotatable bonds is 9. The molecule has 0 aliphatic heterocycles. The van der Waals surface area contributed by atoms with Crippen LogP contribution in [-0.4, -0.2) is 23.3 Å². The molecule has 188 valence electrons. The molecule has 0 bridgehead atoms. The molecule has 2 N–H and O–H groups in total.